The number of ketones is 2. The van der Waals surface area contributed by atoms with E-state index in [9.17, 15) is 9.59 Å². The summed E-state index contributed by atoms with van der Waals surface area (Å²) in [5.74, 6) is 0.870. The highest BCUT2D eigenvalue weighted by atomic mass is 16.5. The number of allylic oxidation sites excluding steroid dienone is 4. The Kier molecular flexibility index (Phi) is 5.92. The van der Waals surface area contributed by atoms with Gasteiger partial charge in [-0.1, -0.05) is 42.0 Å². The van der Waals surface area contributed by atoms with Gasteiger partial charge in [0, 0.05) is 47.8 Å². The topological polar surface area (TPSA) is 46.6 Å². The number of aryl methyl sites for hydroxylation is 1. The molecular formula is C29H31NO3. The lowest BCUT2D eigenvalue weighted by Crippen LogP contribution is -2.39. The average Bonchev–Trinajstić information content (AvgIpc) is 2.83. The smallest absolute Gasteiger partial charge is 0.161 e. The van der Waals surface area contributed by atoms with E-state index < -0.39 is 0 Å². The summed E-state index contributed by atoms with van der Waals surface area (Å²) < 4.78 is 6.12. The lowest BCUT2D eigenvalue weighted by atomic mass is 9.71. The number of carbonyl (C=O) groups is 2. The third-order valence-corrected chi connectivity index (χ3v) is 7.12. The van der Waals surface area contributed by atoms with E-state index in [1.807, 2.05) is 24.3 Å². The van der Waals surface area contributed by atoms with Crippen molar-refractivity contribution in [3.8, 4) is 5.75 Å². The van der Waals surface area contributed by atoms with E-state index in [0.29, 0.717) is 19.4 Å². The van der Waals surface area contributed by atoms with Crippen LogP contribution in [0.25, 0.3) is 0 Å². The molecule has 4 nitrogen and oxygen atoms in total. The van der Waals surface area contributed by atoms with Gasteiger partial charge in [-0.25, -0.2) is 0 Å². The maximum atomic E-state index is 13.2. The predicted molar refractivity (Wildman–Crippen MR) is 129 cm³/mol. The standard InChI is InChI=1S/C29H31NO3/c1-3-30-23-9-5-11-25(31)28(23)27(29-24(30)10-6-12-26(29)32)21-7-4-8-22(17-21)33-18-20-15-13-19(2)14-16-20/h4,7-8,13-17,27H,3,5-6,9-12,18H2,1-2H3. The monoisotopic (exact) mass is 441 g/mol. The van der Waals surface area contributed by atoms with Crippen LogP contribution in [-0.4, -0.2) is 23.0 Å². The molecule has 0 radical (unpaired) electrons. The molecule has 1 heterocycles. The Labute approximate surface area is 195 Å². The number of Topliss-reactive ketones (excluding diaryl/α,β-unsaturated/α-hetero) is 2. The molecule has 3 aliphatic rings. The van der Waals surface area contributed by atoms with Crippen molar-refractivity contribution >= 4 is 11.6 Å². The minimum Gasteiger partial charge on any atom is -0.489 e. The second kappa shape index (κ2) is 9.01. The van der Waals surface area contributed by atoms with Crippen LogP contribution >= 0.6 is 0 Å². The fraction of sp³-hybridized carbons (Fsp3) is 0.379. The molecule has 170 valence electrons. The third-order valence-electron chi connectivity index (χ3n) is 7.12. The molecule has 0 atom stereocenters. The van der Waals surface area contributed by atoms with Crippen LogP contribution in [0, 0.1) is 6.92 Å². The maximum Gasteiger partial charge on any atom is 0.161 e. The predicted octanol–water partition coefficient (Wildman–Crippen LogP) is 6.01. The average molecular weight is 442 g/mol. The third kappa shape index (κ3) is 4.03. The Morgan fingerprint density at radius 3 is 2.12 bits per heavy atom. The Bertz CT molecular complexity index is 1110. The fourth-order valence-electron chi connectivity index (χ4n) is 5.57. The second-order valence-corrected chi connectivity index (χ2v) is 9.30. The summed E-state index contributed by atoms with van der Waals surface area (Å²) in [6.45, 7) is 5.47. The minimum atomic E-state index is -0.277. The van der Waals surface area contributed by atoms with Crippen LogP contribution in [0.4, 0.5) is 0 Å². The van der Waals surface area contributed by atoms with Crippen LogP contribution in [-0.2, 0) is 16.2 Å². The normalized spacial score (nSPS) is 19.0. The molecule has 2 aromatic rings. The van der Waals surface area contributed by atoms with Gasteiger partial charge in [0.05, 0.1) is 0 Å². The van der Waals surface area contributed by atoms with Crippen LogP contribution < -0.4 is 4.74 Å². The highest BCUT2D eigenvalue weighted by molar-refractivity contribution is 6.06. The van der Waals surface area contributed by atoms with Crippen LogP contribution in [0.2, 0.25) is 0 Å². The van der Waals surface area contributed by atoms with Crippen LogP contribution in [0.15, 0.2) is 71.1 Å². The molecule has 5 rings (SSSR count). The number of nitrogens with zero attached hydrogens (tertiary/aromatic N) is 1. The molecule has 0 saturated carbocycles. The first-order valence-electron chi connectivity index (χ1n) is 12.1. The lowest BCUT2D eigenvalue weighted by molar-refractivity contribution is -0.117. The first-order valence-corrected chi connectivity index (χ1v) is 12.1. The van der Waals surface area contributed by atoms with Gasteiger partial charge in [-0.3, -0.25) is 9.59 Å². The van der Waals surface area contributed by atoms with Gasteiger partial charge in [-0.15, -0.1) is 0 Å². The largest absolute Gasteiger partial charge is 0.489 e. The van der Waals surface area contributed by atoms with Crippen molar-refractivity contribution in [1.82, 2.24) is 4.90 Å². The van der Waals surface area contributed by atoms with Gasteiger partial charge in [-0.2, -0.15) is 0 Å². The summed E-state index contributed by atoms with van der Waals surface area (Å²) in [4.78, 5) is 28.7. The van der Waals surface area contributed by atoms with E-state index in [2.05, 4.69) is 43.0 Å². The number of hydrogen-bond donors (Lipinski definition) is 0. The fourth-order valence-corrected chi connectivity index (χ4v) is 5.57. The molecule has 0 bridgehead atoms. The lowest BCUT2D eigenvalue weighted by Gasteiger charge is -2.43. The molecule has 1 aliphatic heterocycles. The first-order chi connectivity index (χ1) is 16.1. The number of ether oxygens (including phenoxy) is 1. The Balaban J connectivity index is 1.54. The van der Waals surface area contributed by atoms with Crippen LogP contribution in [0.5, 0.6) is 5.75 Å². The molecule has 2 aromatic carbocycles. The second-order valence-electron chi connectivity index (χ2n) is 9.30. The number of hydrogen-bond acceptors (Lipinski definition) is 4. The van der Waals surface area contributed by atoms with Crippen molar-refractivity contribution in [2.24, 2.45) is 0 Å². The minimum absolute atomic E-state index is 0.190. The van der Waals surface area contributed by atoms with E-state index in [4.69, 9.17) is 4.74 Å². The molecule has 2 aliphatic carbocycles. The van der Waals surface area contributed by atoms with Gasteiger partial charge in [0.2, 0.25) is 0 Å². The van der Waals surface area contributed by atoms with Crippen molar-refractivity contribution in [3.05, 3.63) is 87.8 Å². The van der Waals surface area contributed by atoms with Crippen molar-refractivity contribution in [2.75, 3.05) is 6.54 Å². The van der Waals surface area contributed by atoms with E-state index >= 15 is 0 Å². The van der Waals surface area contributed by atoms with Crippen LogP contribution in [0.1, 0.15) is 68.1 Å². The van der Waals surface area contributed by atoms with E-state index in [0.717, 1.165) is 71.6 Å². The van der Waals surface area contributed by atoms with Crippen LogP contribution in [0.3, 0.4) is 0 Å². The molecule has 4 heteroatoms. The zero-order valence-electron chi connectivity index (χ0n) is 19.5. The molecule has 33 heavy (non-hydrogen) atoms. The highest BCUT2D eigenvalue weighted by Gasteiger charge is 2.42. The zero-order valence-corrected chi connectivity index (χ0v) is 19.5. The van der Waals surface area contributed by atoms with Crippen molar-refractivity contribution in [2.45, 2.75) is 64.9 Å². The summed E-state index contributed by atoms with van der Waals surface area (Å²) in [7, 11) is 0. The van der Waals surface area contributed by atoms with Gasteiger partial charge >= 0.3 is 0 Å². The molecule has 0 N–H and O–H groups in total. The Hall–Kier alpha value is -3.14. The first kappa shape index (κ1) is 21.7. The SMILES string of the molecule is CCN1C2=C(C(=O)CCC2)C(c2cccc(OCc3ccc(C)cc3)c2)C2=C1CCCC2=O. The number of benzene rings is 2. The summed E-state index contributed by atoms with van der Waals surface area (Å²) in [5.41, 5.74) is 7.28. The van der Waals surface area contributed by atoms with Gasteiger partial charge in [-0.05, 0) is 62.8 Å². The molecule has 0 aromatic heterocycles. The van der Waals surface area contributed by atoms with Gasteiger partial charge in [0.25, 0.3) is 0 Å². The maximum absolute atomic E-state index is 13.2. The molecular weight excluding hydrogens is 410 g/mol. The van der Waals surface area contributed by atoms with Gasteiger partial charge < -0.3 is 9.64 Å². The van der Waals surface area contributed by atoms with Gasteiger partial charge in [0.15, 0.2) is 11.6 Å². The van der Waals surface area contributed by atoms with E-state index in [1.165, 1.54) is 5.56 Å². The molecule has 0 fully saturated rings. The van der Waals surface area contributed by atoms with Gasteiger partial charge in [0.1, 0.15) is 12.4 Å². The van der Waals surface area contributed by atoms with Crippen molar-refractivity contribution < 1.29 is 14.3 Å². The number of carbonyl (C=O) groups excluding carboxylic acids is 2. The molecule has 0 spiro atoms. The molecule has 0 unspecified atom stereocenters. The zero-order chi connectivity index (χ0) is 22.9. The van der Waals surface area contributed by atoms with E-state index in [1.54, 1.807) is 0 Å². The van der Waals surface area contributed by atoms with Crippen molar-refractivity contribution in [1.29, 1.82) is 0 Å². The summed E-state index contributed by atoms with van der Waals surface area (Å²) in [5, 5.41) is 0. The Morgan fingerprint density at radius 2 is 1.52 bits per heavy atom. The molecule has 0 saturated heterocycles. The quantitative estimate of drug-likeness (QED) is 0.570. The number of rotatable bonds is 5. The summed E-state index contributed by atoms with van der Waals surface area (Å²) >= 11 is 0. The highest BCUT2D eigenvalue weighted by Crippen LogP contribution is 2.49. The molecule has 0 amide bonds. The van der Waals surface area contributed by atoms with Crippen molar-refractivity contribution in [3.63, 3.8) is 0 Å². The Morgan fingerprint density at radius 1 is 0.879 bits per heavy atom. The summed E-state index contributed by atoms with van der Waals surface area (Å²) in [6, 6.07) is 16.3. The van der Waals surface area contributed by atoms with E-state index in [-0.39, 0.29) is 17.5 Å². The summed E-state index contributed by atoms with van der Waals surface area (Å²) in [6.07, 6.45) is 4.70.